The number of rotatable bonds is 7. The molecule has 0 rings (SSSR count). The molecule has 0 aliphatic carbocycles. The zero-order chi connectivity index (χ0) is 11.9. The Bertz CT molecular complexity index is 222. The van der Waals surface area contributed by atoms with E-state index in [4.69, 9.17) is 9.16 Å². The van der Waals surface area contributed by atoms with E-state index in [0.717, 1.165) is 18.5 Å². The predicted molar refractivity (Wildman–Crippen MR) is 64.3 cm³/mol. The number of esters is 1. The smallest absolute Gasteiger partial charge is 0.333 e. The number of carbonyl (C=O) groups is 1. The van der Waals surface area contributed by atoms with Crippen molar-refractivity contribution < 1.29 is 14.0 Å². The maximum atomic E-state index is 11.1. The molecule has 4 heteroatoms. The molecule has 0 amide bonds. The summed E-state index contributed by atoms with van der Waals surface area (Å²) in [5.74, 6) is -0.299. The number of ether oxygens (including phenoxy) is 1. The van der Waals surface area contributed by atoms with E-state index < -0.39 is 8.32 Å². The zero-order valence-corrected chi connectivity index (χ0v) is 11.3. The van der Waals surface area contributed by atoms with E-state index in [1.807, 2.05) is 0 Å². The Kier molecular flexibility index (Phi) is 6.52. The molecule has 0 N–H and O–H groups in total. The van der Waals surface area contributed by atoms with Gasteiger partial charge in [0.05, 0.1) is 6.61 Å². The standard InChI is InChI=1S/C11H22O3Si/c1-6-15(5,13-4)9-7-8-14-11(12)10(2)3/h2,6-9H2,1,3-5H3. The first-order chi connectivity index (χ1) is 6.95. The maximum absolute atomic E-state index is 11.1. The Morgan fingerprint density at radius 1 is 1.47 bits per heavy atom. The van der Waals surface area contributed by atoms with Crippen LogP contribution in [0.2, 0.25) is 18.6 Å². The molecular weight excluding hydrogens is 208 g/mol. The molecule has 3 nitrogen and oxygen atoms in total. The molecule has 0 aromatic rings. The Morgan fingerprint density at radius 2 is 2.07 bits per heavy atom. The van der Waals surface area contributed by atoms with Crippen LogP contribution in [0.5, 0.6) is 0 Å². The van der Waals surface area contributed by atoms with Crippen LogP contribution in [0.3, 0.4) is 0 Å². The molecule has 1 atom stereocenters. The van der Waals surface area contributed by atoms with E-state index in [2.05, 4.69) is 20.0 Å². The first-order valence-corrected chi connectivity index (χ1v) is 8.15. The third kappa shape index (κ3) is 5.74. The highest BCUT2D eigenvalue weighted by atomic mass is 28.4. The number of hydrogen-bond acceptors (Lipinski definition) is 3. The summed E-state index contributed by atoms with van der Waals surface area (Å²) in [5, 5.41) is 0. The molecule has 0 aliphatic heterocycles. The van der Waals surface area contributed by atoms with E-state index >= 15 is 0 Å². The van der Waals surface area contributed by atoms with Crippen molar-refractivity contribution in [2.24, 2.45) is 0 Å². The summed E-state index contributed by atoms with van der Waals surface area (Å²) in [5.41, 5.74) is 0.456. The number of hydrogen-bond donors (Lipinski definition) is 0. The van der Waals surface area contributed by atoms with E-state index in [9.17, 15) is 4.79 Å². The average molecular weight is 230 g/mol. The van der Waals surface area contributed by atoms with Gasteiger partial charge in [0.2, 0.25) is 0 Å². The molecule has 0 spiro atoms. The van der Waals surface area contributed by atoms with E-state index in [1.165, 1.54) is 0 Å². The van der Waals surface area contributed by atoms with Crippen molar-refractivity contribution in [3.63, 3.8) is 0 Å². The van der Waals surface area contributed by atoms with Crippen LogP contribution in [0.4, 0.5) is 0 Å². The summed E-state index contributed by atoms with van der Waals surface area (Å²) in [6, 6.07) is 2.13. The normalized spacial score (nSPS) is 14.4. The summed E-state index contributed by atoms with van der Waals surface area (Å²) in [7, 11) is 0.263. The molecule has 0 radical (unpaired) electrons. The van der Waals surface area contributed by atoms with Crippen molar-refractivity contribution in [3.8, 4) is 0 Å². The van der Waals surface area contributed by atoms with Gasteiger partial charge in [-0.05, 0) is 32.0 Å². The van der Waals surface area contributed by atoms with Crippen LogP contribution in [0.1, 0.15) is 20.3 Å². The van der Waals surface area contributed by atoms with Gasteiger partial charge in [0.25, 0.3) is 0 Å². The highest BCUT2D eigenvalue weighted by molar-refractivity contribution is 6.72. The molecule has 0 bridgehead atoms. The lowest BCUT2D eigenvalue weighted by atomic mass is 10.4. The SMILES string of the molecule is C=C(C)C(=O)OCCC[Si](C)(CC)OC. The van der Waals surface area contributed by atoms with Crippen LogP contribution in [0, 0.1) is 0 Å². The van der Waals surface area contributed by atoms with Gasteiger partial charge in [-0.15, -0.1) is 0 Å². The lowest BCUT2D eigenvalue weighted by Gasteiger charge is -2.23. The summed E-state index contributed by atoms with van der Waals surface area (Å²) >= 11 is 0. The van der Waals surface area contributed by atoms with Gasteiger partial charge in [0.15, 0.2) is 8.32 Å². The van der Waals surface area contributed by atoms with Gasteiger partial charge in [-0.2, -0.15) is 0 Å². The van der Waals surface area contributed by atoms with Crippen LogP contribution in [-0.4, -0.2) is 28.0 Å². The van der Waals surface area contributed by atoms with E-state index in [0.29, 0.717) is 12.2 Å². The van der Waals surface area contributed by atoms with Gasteiger partial charge in [-0.1, -0.05) is 13.5 Å². The monoisotopic (exact) mass is 230 g/mol. The van der Waals surface area contributed by atoms with Gasteiger partial charge in [0, 0.05) is 12.7 Å². The van der Waals surface area contributed by atoms with Crippen LogP contribution < -0.4 is 0 Å². The highest BCUT2D eigenvalue weighted by Crippen LogP contribution is 2.17. The summed E-state index contributed by atoms with van der Waals surface area (Å²) < 4.78 is 10.5. The fourth-order valence-electron chi connectivity index (χ4n) is 1.16. The minimum absolute atomic E-state index is 0.299. The molecule has 15 heavy (non-hydrogen) atoms. The molecule has 0 aliphatic rings. The van der Waals surface area contributed by atoms with Crippen molar-refractivity contribution in [2.45, 2.75) is 38.9 Å². The van der Waals surface area contributed by atoms with Crippen LogP contribution in [0.15, 0.2) is 12.2 Å². The van der Waals surface area contributed by atoms with E-state index in [1.54, 1.807) is 14.0 Å². The first kappa shape index (κ1) is 14.4. The largest absolute Gasteiger partial charge is 0.462 e. The summed E-state index contributed by atoms with van der Waals surface area (Å²) in [6.45, 7) is 10.00. The first-order valence-electron chi connectivity index (χ1n) is 5.33. The lowest BCUT2D eigenvalue weighted by molar-refractivity contribution is -0.138. The fourth-order valence-corrected chi connectivity index (χ4v) is 2.90. The second-order valence-electron chi connectivity index (χ2n) is 4.03. The second-order valence-corrected chi connectivity index (χ2v) is 8.54. The van der Waals surface area contributed by atoms with Gasteiger partial charge >= 0.3 is 5.97 Å². The molecular formula is C11H22O3Si. The van der Waals surface area contributed by atoms with Gasteiger partial charge in [-0.25, -0.2) is 4.79 Å². The van der Waals surface area contributed by atoms with Crippen LogP contribution in [0.25, 0.3) is 0 Å². The molecule has 0 saturated carbocycles. The average Bonchev–Trinajstić information content (AvgIpc) is 2.23. The van der Waals surface area contributed by atoms with Crippen LogP contribution >= 0.6 is 0 Å². The predicted octanol–water partition coefficient (Wildman–Crippen LogP) is 2.74. The topological polar surface area (TPSA) is 35.5 Å². The fraction of sp³-hybridized carbons (Fsp3) is 0.727. The molecule has 0 aromatic heterocycles. The summed E-state index contributed by atoms with van der Waals surface area (Å²) in [4.78, 5) is 11.1. The Balaban J connectivity index is 3.71. The Hall–Kier alpha value is -0.613. The minimum atomic E-state index is -1.51. The zero-order valence-electron chi connectivity index (χ0n) is 10.3. The van der Waals surface area contributed by atoms with Crippen molar-refractivity contribution in [1.29, 1.82) is 0 Å². The Morgan fingerprint density at radius 3 is 2.47 bits per heavy atom. The van der Waals surface area contributed by atoms with Crippen molar-refractivity contribution in [3.05, 3.63) is 12.2 Å². The van der Waals surface area contributed by atoms with E-state index in [-0.39, 0.29) is 5.97 Å². The van der Waals surface area contributed by atoms with Crippen LogP contribution in [-0.2, 0) is 14.0 Å². The maximum Gasteiger partial charge on any atom is 0.333 e. The minimum Gasteiger partial charge on any atom is -0.462 e. The van der Waals surface area contributed by atoms with Gasteiger partial charge < -0.3 is 9.16 Å². The molecule has 0 fully saturated rings. The molecule has 0 heterocycles. The second kappa shape index (κ2) is 6.79. The molecule has 88 valence electrons. The van der Waals surface area contributed by atoms with Crippen molar-refractivity contribution >= 4 is 14.3 Å². The quantitative estimate of drug-likeness (QED) is 0.292. The van der Waals surface area contributed by atoms with Gasteiger partial charge in [-0.3, -0.25) is 0 Å². The molecule has 1 unspecified atom stereocenters. The van der Waals surface area contributed by atoms with Crippen molar-refractivity contribution in [2.75, 3.05) is 13.7 Å². The lowest BCUT2D eigenvalue weighted by Crippen LogP contribution is -2.32. The van der Waals surface area contributed by atoms with Gasteiger partial charge in [0.1, 0.15) is 0 Å². The van der Waals surface area contributed by atoms with Crippen molar-refractivity contribution in [1.82, 2.24) is 0 Å². The third-order valence-electron chi connectivity index (χ3n) is 2.67. The Labute approximate surface area is 93.6 Å². The summed E-state index contributed by atoms with van der Waals surface area (Å²) in [6.07, 6.45) is 0.878. The third-order valence-corrected chi connectivity index (χ3v) is 6.56. The number of carbonyl (C=O) groups excluding carboxylic acids is 1. The molecule has 0 aromatic carbocycles. The highest BCUT2D eigenvalue weighted by Gasteiger charge is 2.24. The molecule has 0 saturated heterocycles.